The lowest BCUT2D eigenvalue weighted by Crippen LogP contribution is -2.54. The van der Waals surface area contributed by atoms with Gasteiger partial charge in [-0.05, 0) is 24.3 Å². The number of amides is 4. The smallest absolute Gasteiger partial charge is 0.273 e. The summed E-state index contributed by atoms with van der Waals surface area (Å²) in [4.78, 5) is 46.2. The molecule has 3 aromatic rings. The van der Waals surface area contributed by atoms with Gasteiger partial charge < -0.3 is 0 Å². The van der Waals surface area contributed by atoms with Crippen molar-refractivity contribution in [3.8, 4) is 11.4 Å². The van der Waals surface area contributed by atoms with E-state index in [4.69, 9.17) is 0 Å². The van der Waals surface area contributed by atoms with Gasteiger partial charge in [-0.2, -0.15) is 13.2 Å². The van der Waals surface area contributed by atoms with Crippen LogP contribution < -0.4 is 10.2 Å². The summed E-state index contributed by atoms with van der Waals surface area (Å²) in [5, 5.41) is 1.96. The number of benzene rings is 2. The van der Waals surface area contributed by atoms with Gasteiger partial charge in [-0.25, -0.2) is 19.7 Å². The normalized spacial score (nSPS) is 15.8. The second kappa shape index (κ2) is 8.06. The Morgan fingerprint density at radius 2 is 1.59 bits per heavy atom. The lowest BCUT2D eigenvalue weighted by molar-refractivity contribution is -0.137. The molecule has 2 heterocycles. The molecule has 0 unspecified atom stereocenters. The summed E-state index contributed by atoms with van der Waals surface area (Å²) in [5.41, 5.74) is -0.751. The van der Waals surface area contributed by atoms with Crippen molar-refractivity contribution in [3.05, 3.63) is 83.7 Å². The maximum atomic E-state index is 13.0. The molecule has 160 valence electrons. The number of urea groups is 1. The summed E-state index contributed by atoms with van der Waals surface area (Å²) in [5.74, 6) is -1.62. The number of hydrogen-bond acceptors (Lipinski definition) is 5. The number of barbiturate groups is 1. The number of aromatic nitrogens is 2. The van der Waals surface area contributed by atoms with E-state index < -0.39 is 35.2 Å². The quantitative estimate of drug-likeness (QED) is 0.496. The molecule has 4 amide bonds. The molecule has 1 aliphatic rings. The van der Waals surface area contributed by atoms with E-state index >= 15 is 0 Å². The Kier molecular flexibility index (Phi) is 5.27. The minimum atomic E-state index is -4.67. The van der Waals surface area contributed by atoms with Crippen molar-refractivity contribution in [2.24, 2.45) is 0 Å². The molecule has 1 aromatic heterocycles. The van der Waals surface area contributed by atoms with Crippen molar-refractivity contribution in [1.29, 1.82) is 0 Å². The Balaban J connectivity index is 1.66. The van der Waals surface area contributed by atoms with Gasteiger partial charge in [0.15, 0.2) is 5.82 Å². The van der Waals surface area contributed by atoms with Crippen LogP contribution in [0.4, 0.5) is 23.7 Å². The van der Waals surface area contributed by atoms with E-state index in [2.05, 4.69) is 9.97 Å². The highest BCUT2D eigenvalue weighted by atomic mass is 19.4. The number of rotatable bonds is 3. The van der Waals surface area contributed by atoms with E-state index in [1.54, 1.807) is 0 Å². The molecule has 1 saturated heterocycles. The van der Waals surface area contributed by atoms with E-state index in [9.17, 15) is 27.6 Å². The number of nitrogens with one attached hydrogen (secondary N) is 1. The molecule has 1 fully saturated rings. The average molecular weight is 438 g/mol. The van der Waals surface area contributed by atoms with Crippen LogP contribution in [0.5, 0.6) is 0 Å². The van der Waals surface area contributed by atoms with E-state index in [1.807, 2.05) is 35.6 Å². The zero-order valence-corrected chi connectivity index (χ0v) is 16.1. The van der Waals surface area contributed by atoms with Crippen LogP contribution in [0.1, 0.15) is 11.1 Å². The highest BCUT2D eigenvalue weighted by Gasteiger charge is 2.38. The number of alkyl halides is 3. The fraction of sp³-hybridized carbons (Fsp3) is 0.0455. The van der Waals surface area contributed by atoms with Crippen LogP contribution in [0.3, 0.4) is 0 Å². The van der Waals surface area contributed by atoms with Gasteiger partial charge in [0.05, 0.1) is 11.3 Å². The third-order valence-corrected chi connectivity index (χ3v) is 4.55. The zero-order valence-electron chi connectivity index (χ0n) is 16.1. The van der Waals surface area contributed by atoms with Crippen LogP contribution in [-0.4, -0.2) is 27.8 Å². The zero-order chi connectivity index (χ0) is 22.9. The highest BCUT2D eigenvalue weighted by molar-refractivity contribution is 6.39. The standard InChI is InChI=1S/C22H13F3N4O3/c23-22(24,25)15-7-4-8-16(10-15)29-20(31)17(19(30)28-21(29)32)9-13-11-26-18(27-12-13)14-5-2-1-3-6-14/h1-12H,(H,28,30,32)/b17-9-. The van der Waals surface area contributed by atoms with Gasteiger partial charge in [0.2, 0.25) is 0 Å². The van der Waals surface area contributed by atoms with E-state index in [0.717, 1.165) is 23.8 Å². The first kappa shape index (κ1) is 20.9. The summed E-state index contributed by atoms with van der Waals surface area (Å²) in [6, 6.07) is 11.6. The lowest BCUT2D eigenvalue weighted by Gasteiger charge is -2.26. The van der Waals surface area contributed by atoms with Gasteiger partial charge in [-0.3, -0.25) is 14.9 Å². The molecule has 2 aromatic carbocycles. The Bertz CT molecular complexity index is 1240. The van der Waals surface area contributed by atoms with Gasteiger partial charge in [0.25, 0.3) is 11.8 Å². The average Bonchev–Trinajstić information content (AvgIpc) is 2.77. The summed E-state index contributed by atoms with van der Waals surface area (Å²) in [6.45, 7) is 0. The van der Waals surface area contributed by atoms with Gasteiger partial charge in [-0.1, -0.05) is 36.4 Å². The minimum absolute atomic E-state index is 0.293. The molecule has 0 bridgehead atoms. The van der Waals surface area contributed by atoms with Gasteiger partial charge in [0.1, 0.15) is 5.57 Å². The van der Waals surface area contributed by atoms with Crippen LogP contribution in [-0.2, 0) is 15.8 Å². The van der Waals surface area contributed by atoms with Gasteiger partial charge in [-0.15, -0.1) is 0 Å². The Labute approximate surface area is 179 Å². The predicted molar refractivity (Wildman–Crippen MR) is 108 cm³/mol. The molecule has 0 radical (unpaired) electrons. The predicted octanol–water partition coefficient (Wildman–Crippen LogP) is 3.83. The third-order valence-electron chi connectivity index (χ3n) is 4.55. The SMILES string of the molecule is O=C1NC(=O)N(c2cccc(C(F)(F)F)c2)C(=O)/C1=C\c1cnc(-c2ccccc2)nc1. The van der Waals surface area contributed by atoms with E-state index in [-0.39, 0.29) is 5.69 Å². The fourth-order valence-corrected chi connectivity index (χ4v) is 3.03. The molecule has 32 heavy (non-hydrogen) atoms. The van der Waals surface area contributed by atoms with E-state index in [1.165, 1.54) is 18.5 Å². The number of hydrogen-bond donors (Lipinski definition) is 1. The van der Waals surface area contributed by atoms with Gasteiger partial charge in [0, 0.05) is 23.5 Å². The van der Waals surface area contributed by atoms with Crippen LogP contribution in [0, 0.1) is 0 Å². The van der Waals surface area contributed by atoms with Crippen molar-refractivity contribution in [2.45, 2.75) is 6.18 Å². The Morgan fingerprint density at radius 3 is 2.25 bits per heavy atom. The van der Waals surface area contributed by atoms with Crippen molar-refractivity contribution < 1.29 is 27.6 Å². The first-order valence-electron chi connectivity index (χ1n) is 9.20. The number of carbonyl (C=O) groups excluding carboxylic acids is 3. The second-order valence-electron chi connectivity index (χ2n) is 6.71. The molecule has 0 spiro atoms. The summed E-state index contributed by atoms with van der Waals surface area (Å²) in [7, 11) is 0. The van der Waals surface area contributed by atoms with Crippen molar-refractivity contribution in [2.75, 3.05) is 4.90 Å². The maximum Gasteiger partial charge on any atom is 0.416 e. The first-order chi connectivity index (χ1) is 15.2. The number of imide groups is 2. The molecular formula is C22H13F3N4O3. The molecule has 10 heteroatoms. The maximum absolute atomic E-state index is 13.0. The van der Waals surface area contributed by atoms with Crippen LogP contribution in [0.15, 0.2) is 72.6 Å². The highest BCUT2D eigenvalue weighted by Crippen LogP contribution is 2.32. The molecule has 0 atom stereocenters. The van der Waals surface area contributed by atoms with Crippen molar-refractivity contribution in [1.82, 2.24) is 15.3 Å². The van der Waals surface area contributed by atoms with Crippen LogP contribution >= 0.6 is 0 Å². The molecule has 0 saturated carbocycles. The largest absolute Gasteiger partial charge is 0.416 e. The number of anilines is 1. The number of nitrogens with zero attached hydrogens (tertiary/aromatic N) is 3. The molecular weight excluding hydrogens is 425 g/mol. The Hall–Kier alpha value is -4.34. The summed E-state index contributed by atoms with van der Waals surface area (Å²) >= 11 is 0. The van der Waals surface area contributed by atoms with Gasteiger partial charge >= 0.3 is 12.2 Å². The third kappa shape index (κ3) is 4.10. The van der Waals surface area contributed by atoms with Crippen molar-refractivity contribution >= 4 is 29.6 Å². The minimum Gasteiger partial charge on any atom is -0.273 e. The van der Waals surface area contributed by atoms with Crippen LogP contribution in [0.2, 0.25) is 0 Å². The molecule has 0 aliphatic carbocycles. The van der Waals surface area contributed by atoms with Crippen molar-refractivity contribution in [3.63, 3.8) is 0 Å². The first-order valence-corrected chi connectivity index (χ1v) is 9.20. The van der Waals surface area contributed by atoms with E-state index in [0.29, 0.717) is 22.4 Å². The topological polar surface area (TPSA) is 92.3 Å². The fourth-order valence-electron chi connectivity index (χ4n) is 3.03. The monoisotopic (exact) mass is 438 g/mol. The number of halogens is 3. The summed E-state index contributed by atoms with van der Waals surface area (Å²) < 4.78 is 39.1. The Morgan fingerprint density at radius 1 is 0.906 bits per heavy atom. The molecule has 1 aliphatic heterocycles. The lowest BCUT2D eigenvalue weighted by atomic mass is 10.1. The van der Waals surface area contributed by atoms with Crippen LogP contribution in [0.25, 0.3) is 17.5 Å². The molecule has 4 rings (SSSR count). The second-order valence-corrected chi connectivity index (χ2v) is 6.71. The number of carbonyl (C=O) groups is 3. The molecule has 1 N–H and O–H groups in total. The molecule has 7 nitrogen and oxygen atoms in total. The summed E-state index contributed by atoms with van der Waals surface area (Å²) in [6.07, 6.45) is -0.737.